The van der Waals surface area contributed by atoms with E-state index in [1.165, 1.54) is 21.3 Å². The summed E-state index contributed by atoms with van der Waals surface area (Å²) in [5.74, 6) is -1.24. The summed E-state index contributed by atoms with van der Waals surface area (Å²) in [7, 11) is 0. The Bertz CT molecular complexity index is 1080. The van der Waals surface area contributed by atoms with Crippen LogP contribution in [-0.4, -0.2) is 34.8 Å². The molecule has 152 valence electrons. The van der Waals surface area contributed by atoms with Crippen molar-refractivity contribution in [1.82, 2.24) is 15.0 Å². The first kappa shape index (κ1) is 21.0. The summed E-state index contributed by atoms with van der Waals surface area (Å²) >= 11 is 3.69. The van der Waals surface area contributed by atoms with E-state index in [4.69, 9.17) is 16.7 Å². The highest BCUT2D eigenvalue weighted by Gasteiger charge is 2.22. The van der Waals surface area contributed by atoms with E-state index in [1.54, 1.807) is 24.3 Å². The third-order valence-corrected chi connectivity index (χ3v) is 5.19. The molecule has 10 heteroatoms. The number of hydrogen-bond acceptors (Lipinski definition) is 4. The number of nitrogens with zero attached hydrogens (tertiary/aromatic N) is 4. The highest BCUT2D eigenvalue weighted by molar-refractivity contribution is 7.81. The molecule has 0 aliphatic heterocycles. The molecule has 0 aliphatic rings. The van der Waals surface area contributed by atoms with E-state index in [2.05, 4.69) is 31.1 Å². The van der Waals surface area contributed by atoms with Crippen LogP contribution in [-0.2, 0) is 16.7 Å². The van der Waals surface area contributed by atoms with Gasteiger partial charge < -0.3 is 5.11 Å². The van der Waals surface area contributed by atoms with Crippen LogP contribution in [0.3, 0.4) is 0 Å². The maximum absolute atomic E-state index is 12.2. The Morgan fingerprint density at radius 1 is 1.17 bits per heavy atom. The molecule has 1 atom stereocenters. The van der Waals surface area contributed by atoms with Gasteiger partial charge in [0, 0.05) is 5.02 Å². The molecule has 2 N–H and O–H groups in total. The van der Waals surface area contributed by atoms with Crippen molar-refractivity contribution in [2.75, 3.05) is 4.31 Å². The standard InChI is InChI=1S/C19H19ClN4O4S/c1-19(2,3)12-4-7-14(8-5-12)24(29(27)28)16-9-6-13(20)10-17(16)23-11-15(18(25)26)21-22-23/h4-11H,1-3H3,(H,25,26)(H,27,28). The highest BCUT2D eigenvalue weighted by atomic mass is 35.5. The zero-order valence-corrected chi connectivity index (χ0v) is 17.5. The minimum atomic E-state index is -2.41. The molecule has 1 unspecified atom stereocenters. The van der Waals surface area contributed by atoms with Gasteiger partial charge in [-0.2, -0.15) is 0 Å². The third-order valence-electron chi connectivity index (χ3n) is 4.24. The second kappa shape index (κ2) is 7.94. The van der Waals surface area contributed by atoms with E-state index in [0.717, 1.165) is 5.56 Å². The van der Waals surface area contributed by atoms with Crippen LogP contribution in [0.4, 0.5) is 11.4 Å². The normalized spacial score (nSPS) is 12.6. The maximum atomic E-state index is 12.2. The minimum Gasteiger partial charge on any atom is -0.476 e. The first-order chi connectivity index (χ1) is 13.6. The lowest BCUT2D eigenvalue weighted by Crippen LogP contribution is -2.21. The lowest BCUT2D eigenvalue weighted by molar-refractivity contribution is 0.0690. The lowest BCUT2D eigenvalue weighted by atomic mass is 9.87. The molecule has 0 fully saturated rings. The molecular formula is C19H19ClN4O4S. The van der Waals surface area contributed by atoms with Crippen molar-refractivity contribution in [1.29, 1.82) is 0 Å². The predicted molar refractivity (Wildman–Crippen MR) is 111 cm³/mol. The first-order valence-corrected chi connectivity index (χ1v) is 9.99. The van der Waals surface area contributed by atoms with Gasteiger partial charge in [0.05, 0.1) is 23.3 Å². The molecule has 1 aromatic heterocycles. The summed E-state index contributed by atoms with van der Waals surface area (Å²) in [5, 5.41) is 16.8. The number of carboxylic acid groups (broad SMARTS) is 1. The molecule has 0 saturated heterocycles. The molecule has 3 aromatic rings. The van der Waals surface area contributed by atoms with Crippen LogP contribution < -0.4 is 4.31 Å². The van der Waals surface area contributed by atoms with Gasteiger partial charge in [0.1, 0.15) is 0 Å². The summed E-state index contributed by atoms with van der Waals surface area (Å²) in [4.78, 5) is 11.1. The van der Waals surface area contributed by atoms with Gasteiger partial charge in [-0.1, -0.05) is 49.7 Å². The molecule has 3 rings (SSSR count). The topological polar surface area (TPSA) is 109 Å². The zero-order chi connectivity index (χ0) is 21.3. The molecule has 8 nitrogen and oxygen atoms in total. The van der Waals surface area contributed by atoms with Crippen molar-refractivity contribution in [2.45, 2.75) is 26.2 Å². The Labute approximate surface area is 175 Å². The third kappa shape index (κ3) is 4.47. The van der Waals surface area contributed by atoms with E-state index in [1.807, 2.05) is 12.1 Å². The first-order valence-electron chi connectivity index (χ1n) is 8.55. The van der Waals surface area contributed by atoms with Crippen LogP contribution in [0.25, 0.3) is 5.69 Å². The van der Waals surface area contributed by atoms with E-state index in [9.17, 15) is 13.6 Å². The molecule has 0 radical (unpaired) electrons. The van der Waals surface area contributed by atoms with E-state index in [0.29, 0.717) is 22.1 Å². The summed E-state index contributed by atoms with van der Waals surface area (Å²) in [6.07, 6.45) is 1.21. The van der Waals surface area contributed by atoms with Gasteiger partial charge in [-0.05, 0) is 41.3 Å². The summed E-state index contributed by atoms with van der Waals surface area (Å²) < 4.78 is 24.6. The quantitative estimate of drug-likeness (QED) is 0.583. The second-order valence-electron chi connectivity index (χ2n) is 7.31. The molecule has 0 aliphatic carbocycles. The zero-order valence-electron chi connectivity index (χ0n) is 15.9. The Morgan fingerprint density at radius 3 is 2.34 bits per heavy atom. The van der Waals surface area contributed by atoms with Crippen LogP contribution >= 0.6 is 11.6 Å². The lowest BCUT2D eigenvalue weighted by Gasteiger charge is -2.24. The van der Waals surface area contributed by atoms with Gasteiger partial charge in [0.2, 0.25) is 0 Å². The van der Waals surface area contributed by atoms with Crippen molar-refractivity contribution in [3.05, 3.63) is 64.9 Å². The molecule has 0 spiro atoms. The maximum Gasteiger partial charge on any atom is 0.358 e. The van der Waals surface area contributed by atoms with Crippen LogP contribution in [0, 0.1) is 0 Å². The van der Waals surface area contributed by atoms with E-state index >= 15 is 0 Å². The van der Waals surface area contributed by atoms with Crippen molar-refractivity contribution in [2.24, 2.45) is 0 Å². The predicted octanol–water partition coefficient (Wildman–Crippen LogP) is 4.19. The number of carbonyl (C=O) groups is 1. The number of benzene rings is 2. The smallest absolute Gasteiger partial charge is 0.358 e. The number of hydrogen-bond donors (Lipinski definition) is 2. The monoisotopic (exact) mass is 434 g/mol. The van der Waals surface area contributed by atoms with E-state index < -0.39 is 17.2 Å². The van der Waals surface area contributed by atoms with Gasteiger partial charge in [0.15, 0.2) is 5.69 Å². The summed E-state index contributed by atoms with van der Waals surface area (Å²) in [6, 6.07) is 11.9. The summed E-state index contributed by atoms with van der Waals surface area (Å²) in [6.45, 7) is 6.23. The van der Waals surface area contributed by atoms with Gasteiger partial charge in [-0.15, -0.1) is 5.10 Å². The van der Waals surface area contributed by atoms with Gasteiger partial charge in [0.25, 0.3) is 11.3 Å². The molecule has 0 amide bonds. The molecule has 0 bridgehead atoms. The van der Waals surface area contributed by atoms with Gasteiger partial charge >= 0.3 is 5.97 Å². The van der Waals surface area contributed by atoms with Crippen LogP contribution in [0.2, 0.25) is 5.02 Å². The van der Waals surface area contributed by atoms with Crippen molar-refractivity contribution in [3.8, 4) is 5.69 Å². The van der Waals surface area contributed by atoms with Crippen LogP contribution in [0.15, 0.2) is 48.7 Å². The fourth-order valence-corrected chi connectivity index (χ4v) is 3.53. The molecule has 1 heterocycles. The van der Waals surface area contributed by atoms with Gasteiger partial charge in [-0.25, -0.2) is 18.0 Å². The molecular weight excluding hydrogens is 416 g/mol. The average molecular weight is 435 g/mol. The minimum absolute atomic E-state index is 0.0683. The van der Waals surface area contributed by atoms with Crippen molar-refractivity contribution in [3.63, 3.8) is 0 Å². The fourth-order valence-electron chi connectivity index (χ4n) is 2.74. The number of aromatic carboxylic acids is 1. The van der Waals surface area contributed by atoms with Gasteiger partial charge in [-0.3, -0.25) is 4.55 Å². The highest BCUT2D eigenvalue weighted by Crippen LogP contribution is 2.35. The number of halogens is 1. The average Bonchev–Trinajstić information content (AvgIpc) is 3.13. The Balaban J connectivity index is 2.13. The number of anilines is 2. The Kier molecular flexibility index (Phi) is 5.74. The van der Waals surface area contributed by atoms with E-state index in [-0.39, 0.29) is 11.1 Å². The Morgan fingerprint density at radius 2 is 1.83 bits per heavy atom. The second-order valence-corrected chi connectivity index (χ2v) is 8.57. The van der Waals surface area contributed by atoms with Crippen molar-refractivity contribution < 1.29 is 18.7 Å². The SMILES string of the molecule is CC(C)(C)c1ccc(N(c2ccc(Cl)cc2-n2cc(C(=O)O)nn2)S(=O)O)cc1. The number of carboxylic acids is 1. The van der Waals surface area contributed by atoms with Crippen LogP contribution in [0.5, 0.6) is 0 Å². The van der Waals surface area contributed by atoms with Crippen molar-refractivity contribution >= 4 is 40.2 Å². The fraction of sp³-hybridized carbons (Fsp3) is 0.211. The molecule has 2 aromatic carbocycles. The van der Waals surface area contributed by atoms with Crippen LogP contribution in [0.1, 0.15) is 36.8 Å². The number of aromatic nitrogens is 3. The summed E-state index contributed by atoms with van der Waals surface area (Å²) in [5.41, 5.74) is 1.83. The molecule has 29 heavy (non-hydrogen) atoms. The Hall–Kier alpha value is -2.75. The largest absolute Gasteiger partial charge is 0.476 e. The molecule has 0 saturated carbocycles. The number of rotatable bonds is 5.